The molecule has 0 fully saturated rings. The number of benzene rings is 1. The third kappa shape index (κ3) is 2.79. The lowest BCUT2D eigenvalue weighted by molar-refractivity contribution is 0.593. The van der Waals surface area contributed by atoms with Gasteiger partial charge in [-0.15, -0.1) is 0 Å². The van der Waals surface area contributed by atoms with E-state index >= 15 is 0 Å². The summed E-state index contributed by atoms with van der Waals surface area (Å²) in [5, 5.41) is -0.122. The molecule has 1 N–H and O–H groups in total. The maximum Gasteiger partial charge on any atom is 0.279 e. The van der Waals surface area contributed by atoms with Crippen LogP contribution in [0.1, 0.15) is 0 Å². The Morgan fingerprint density at radius 2 is 1.77 bits per heavy atom. The van der Waals surface area contributed by atoms with Crippen LogP contribution in [-0.4, -0.2) is 27.9 Å². The number of aromatic nitrogens is 4. The Morgan fingerprint density at radius 1 is 1.09 bits per heavy atom. The number of imidazole rings is 1. The van der Waals surface area contributed by atoms with Crippen LogP contribution in [0.3, 0.4) is 0 Å². The molecule has 0 atom stereocenters. The fourth-order valence-electron chi connectivity index (χ4n) is 1.77. The molecule has 0 spiro atoms. The predicted molar refractivity (Wildman–Crippen MR) is 76.4 cm³/mol. The second-order valence-corrected chi connectivity index (χ2v) is 5.89. The van der Waals surface area contributed by atoms with E-state index in [9.17, 15) is 12.8 Å². The van der Waals surface area contributed by atoms with E-state index in [1.807, 2.05) is 0 Å². The first kappa shape index (κ1) is 14.1. The molecule has 22 heavy (non-hydrogen) atoms. The Labute approximate surface area is 125 Å². The maximum atomic E-state index is 12.9. The van der Waals surface area contributed by atoms with Crippen molar-refractivity contribution in [3.63, 3.8) is 0 Å². The molecule has 2 aromatic heterocycles. The first-order valence-corrected chi connectivity index (χ1v) is 7.63. The molecule has 112 valence electrons. The number of halogens is 1. The first-order valence-electron chi connectivity index (χ1n) is 6.14. The lowest BCUT2D eigenvalue weighted by Crippen LogP contribution is -2.17. The van der Waals surface area contributed by atoms with Gasteiger partial charge in [0.1, 0.15) is 12.1 Å². The summed E-state index contributed by atoms with van der Waals surface area (Å²) >= 11 is 0. The third-order valence-corrected chi connectivity index (χ3v) is 4.10. The van der Waals surface area contributed by atoms with Crippen LogP contribution in [0.4, 0.5) is 10.1 Å². The van der Waals surface area contributed by atoms with Crippen molar-refractivity contribution in [3.05, 3.63) is 61.1 Å². The number of nitrogens with zero attached hydrogens (tertiary/aromatic N) is 4. The fraction of sp³-hybridized carbons (Fsp3) is 0. The van der Waals surface area contributed by atoms with Crippen molar-refractivity contribution < 1.29 is 12.8 Å². The highest BCUT2D eigenvalue weighted by Gasteiger charge is 2.21. The normalized spacial score (nSPS) is 11.3. The second kappa shape index (κ2) is 5.53. The lowest BCUT2D eigenvalue weighted by atomic mass is 10.3. The van der Waals surface area contributed by atoms with Gasteiger partial charge < -0.3 is 0 Å². The molecular formula is C13H10FN5O2S. The summed E-state index contributed by atoms with van der Waals surface area (Å²) < 4.78 is 41.3. The minimum Gasteiger partial charge on any atom is -0.278 e. The van der Waals surface area contributed by atoms with Gasteiger partial charge in [0.25, 0.3) is 10.0 Å². The minimum absolute atomic E-state index is 0.122. The van der Waals surface area contributed by atoms with Gasteiger partial charge in [-0.3, -0.25) is 9.29 Å². The van der Waals surface area contributed by atoms with E-state index in [0.717, 1.165) is 12.1 Å². The lowest BCUT2D eigenvalue weighted by Gasteiger charge is -2.09. The Kier molecular flexibility index (Phi) is 3.55. The highest BCUT2D eigenvalue weighted by molar-refractivity contribution is 7.92. The average Bonchev–Trinajstić information content (AvgIpc) is 3.01. The summed E-state index contributed by atoms with van der Waals surface area (Å²) in [7, 11) is -3.91. The van der Waals surface area contributed by atoms with Gasteiger partial charge in [-0.1, -0.05) is 0 Å². The Hall–Kier alpha value is -2.81. The van der Waals surface area contributed by atoms with Crippen molar-refractivity contribution in [1.29, 1.82) is 0 Å². The van der Waals surface area contributed by atoms with E-state index in [4.69, 9.17) is 0 Å². The molecule has 3 rings (SSSR count). The molecule has 0 saturated heterocycles. The van der Waals surface area contributed by atoms with Gasteiger partial charge in [0.15, 0.2) is 5.03 Å². The Morgan fingerprint density at radius 3 is 2.45 bits per heavy atom. The molecule has 7 nitrogen and oxygen atoms in total. The van der Waals surface area contributed by atoms with E-state index in [2.05, 4.69) is 19.7 Å². The number of hydrogen-bond acceptors (Lipinski definition) is 5. The molecule has 0 radical (unpaired) electrons. The highest BCUT2D eigenvalue weighted by atomic mass is 32.2. The summed E-state index contributed by atoms with van der Waals surface area (Å²) in [5.74, 6) is -0.273. The maximum absolute atomic E-state index is 12.9. The number of rotatable bonds is 4. The van der Waals surface area contributed by atoms with Gasteiger partial charge in [0.05, 0.1) is 6.20 Å². The number of anilines is 1. The molecule has 0 aliphatic rings. The monoisotopic (exact) mass is 319 g/mol. The molecule has 0 unspecified atom stereocenters. The average molecular weight is 319 g/mol. The largest absolute Gasteiger partial charge is 0.279 e. The molecule has 0 saturated carbocycles. The SMILES string of the molecule is O=S(=O)(Nc1ccc(F)cc1)c1cncn1-c1ncccn1. The first-order chi connectivity index (χ1) is 10.6. The zero-order chi connectivity index (χ0) is 15.6. The number of hydrogen-bond donors (Lipinski definition) is 1. The van der Waals surface area contributed by atoms with Crippen LogP contribution >= 0.6 is 0 Å². The molecule has 1 aromatic carbocycles. The topological polar surface area (TPSA) is 89.8 Å². The molecule has 3 aromatic rings. The van der Waals surface area contributed by atoms with Crippen molar-refractivity contribution in [2.75, 3.05) is 4.72 Å². The van der Waals surface area contributed by atoms with Gasteiger partial charge in [-0.2, -0.15) is 8.42 Å². The summed E-state index contributed by atoms with van der Waals surface area (Å²) in [5.41, 5.74) is 0.239. The van der Waals surface area contributed by atoms with E-state index in [-0.39, 0.29) is 16.7 Å². The molecule has 0 amide bonds. The van der Waals surface area contributed by atoms with Crippen LogP contribution in [0.15, 0.2) is 60.3 Å². The zero-order valence-corrected chi connectivity index (χ0v) is 11.9. The third-order valence-electron chi connectivity index (χ3n) is 2.74. The van der Waals surface area contributed by atoms with E-state index in [1.54, 1.807) is 6.07 Å². The van der Waals surface area contributed by atoms with Gasteiger partial charge >= 0.3 is 0 Å². The fourth-order valence-corrected chi connectivity index (χ4v) is 2.91. The van der Waals surface area contributed by atoms with E-state index < -0.39 is 15.8 Å². The van der Waals surface area contributed by atoms with Crippen LogP contribution < -0.4 is 4.72 Å². The summed E-state index contributed by atoms with van der Waals surface area (Å²) in [6.07, 6.45) is 5.47. The quantitative estimate of drug-likeness (QED) is 0.789. The summed E-state index contributed by atoms with van der Waals surface area (Å²) in [6.45, 7) is 0. The van der Waals surface area contributed by atoms with Crippen LogP contribution in [0, 0.1) is 5.82 Å². The smallest absolute Gasteiger partial charge is 0.278 e. The van der Waals surface area contributed by atoms with Gasteiger partial charge in [0.2, 0.25) is 5.95 Å². The summed E-state index contributed by atoms with van der Waals surface area (Å²) in [6, 6.07) is 6.59. The van der Waals surface area contributed by atoms with Crippen molar-refractivity contribution in [1.82, 2.24) is 19.5 Å². The van der Waals surface area contributed by atoms with Crippen LogP contribution in [0.25, 0.3) is 5.95 Å². The van der Waals surface area contributed by atoms with Crippen molar-refractivity contribution in [3.8, 4) is 5.95 Å². The molecular weight excluding hydrogens is 309 g/mol. The molecule has 9 heteroatoms. The van der Waals surface area contributed by atoms with Crippen molar-refractivity contribution in [2.24, 2.45) is 0 Å². The Balaban J connectivity index is 1.97. The van der Waals surface area contributed by atoms with Crippen LogP contribution in [0.5, 0.6) is 0 Å². The van der Waals surface area contributed by atoms with E-state index in [0.29, 0.717) is 0 Å². The van der Waals surface area contributed by atoms with Crippen molar-refractivity contribution >= 4 is 15.7 Å². The summed E-state index contributed by atoms with van der Waals surface area (Å²) in [4.78, 5) is 11.8. The standard InChI is InChI=1S/C13H10FN5O2S/c14-10-2-4-11(5-3-10)18-22(20,21)12-8-15-9-19(12)13-16-6-1-7-17-13/h1-9,18H. The van der Waals surface area contributed by atoms with Gasteiger partial charge in [-0.05, 0) is 30.3 Å². The zero-order valence-electron chi connectivity index (χ0n) is 11.1. The van der Waals surface area contributed by atoms with Crippen LogP contribution in [0.2, 0.25) is 0 Å². The molecule has 0 bridgehead atoms. The number of nitrogens with one attached hydrogen (secondary N) is 1. The molecule has 0 aliphatic heterocycles. The Bertz CT molecular complexity index is 878. The van der Waals surface area contributed by atoms with E-state index in [1.165, 1.54) is 41.6 Å². The minimum atomic E-state index is -3.91. The van der Waals surface area contributed by atoms with Crippen LogP contribution in [-0.2, 0) is 10.0 Å². The second-order valence-electron chi connectivity index (χ2n) is 4.26. The van der Waals surface area contributed by atoms with Gasteiger partial charge in [-0.25, -0.2) is 19.3 Å². The van der Waals surface area contributed by atoms with Gasteiger partial charge in [0, 0.05) is 18.1 Å². The molecule has 2 heterocycles. The predicted octanol–water partition coefficient (Wildman–Crippen LogP) is 1.60. The number of sulfonamides is 1. The highest BCUT2D eigenvalue weighted by Crippen LogP contribution is 2.17. The molecule has 0 aliphatic carbocycles. The van der Waals surface area contributed by atoms with Crippen molar-refractivity contribution in [2.45, 2.75) is 5.03 Å².